The Morgan fingerprint density at radius 1 is 1.18 bits per heavy atom. The molecule has 0 aliphatic rings. The largest absolute Gasteiger partial charge is 0.417 e. The van der Waals surface area contributed by atoms with Crippen molar-refractivity contribution in [3.8, 4) is 11.4 Å². The normalized spacial score (nSPS) is 12.6. The van der Waals surface area contributed by atoms with Gasteiger partial charge in [-0.2, -0.15) is 13.2 Å². The van der Waals surface area contributed by atoms with E-state index < -0.39 is 21.6 Å². The fourth-order valence-electron chi connectivity index (χ4n) is 2.75. The molecule has 0 fully saturated rings. The first kappa shape index (κ1) is 20.3. The van der Waals surface area contributed by atoms with Gasteiger partial charge in [0, 0.05) is 18.4 Å². The highest BCUT2D eigenvalue weighted by atomic mass is 32.2. The van der Waals surface area contributed by atoms with Gasteiger partial charge in [0.15, 0.2) is 15.5 Å². The van der Waals surface area contributed by atoms with Gasteiger partial charge < -0.3 is 4.74 Å². The lowest BCUT2D eigenvalue weighted by Gasteiger charge is -2.12. The van der Waals surface area contributed by atoms with Gasteiger partial charge in [0.25, 0.3) is 0 Å². The molecule has 150 valence electrons. The Bertz CT molecular complexity index is 1110. The van der Waals surface area contributed by atoms with Crippen LogP contribution in [0.15, 0.2) is 41.4 Å². The number of fused-ring (bicyclic) bond motifs is 1. The summed E-state index contributed by atoms with van der Waals surface area (Å²) < 4.78 is 71.0. The SMILES string of the molecule is CCOCn1c(-c2ccccc2S(=O)(=O)CC)nc2cc(C(F)(F)F)cnc21. The van der Waals surface area contributed by atoms with E-state index in [9.17, 15) is 21.6 Å². The van der Waals surface area contributed by atoms with Crippen molar-refractivity contribution in [2.75, 3.05) is 12.4 Å². The first-order valence-electron chi connectivity index (χ1n) is 8.52. The summed E-state index contributed by atoms with van der Waals surface area (Å²) >= 11 is 0. The second-order valence-electron chi connectivity index (χ2n) is 5.95. The lowest BCUT2D eigenvalue weighted by Crippen LogP contribution is -2.10. The maximum Gasteiger partial charge on any atom is 0.417 e. The summed E-state index contributed by atoms with van der Waals surface area (Å²) in [6, 6.07) is 7.14. The molecule has 3 aromatic rings. The number of aromatic nitrogens is 3. The van der Waals surface area contributed by atoms with E-state index in [2.05, 4.69) is 9.97 Å². The van der Waals surface area contributed by atoms with Crippen molar-refractivity contribution in [3.63, 3.8) is 0 Å². The van der Waals surface area contributed by atoms with Gasteiger partial charge in [0.2, 0.25) is 0 Å². The Morgan fingerprint density at radius 2 is 1.89 bits per heavy atom. The second-order valence-corrected chi connectivity index (χ2v) is 8.20. The van der Waals surface area contributed by atoms with Gasteiger partial charge in [-0.25, -0.2) is 18.4 Å². The van der Waals surface area contributed by atoms with Crippen molar-refractivity contribution in [2.24, 2.45) is 0 Å². The number of sulfone groups is 1. The molecule has 0 radical (unpaired) electrons. The predicted molar refractivity (Wildman–Crippen MR) is 97.3 cm³/mol. The molecule has 0 aliphatic heterocycles. The molecule has 0 saturated heterocycles. The standard InChI is InChI=1S/C18H18F3N3O3S/c1-3-27-11-24-16(13-7-5-6-8-15(13)28(25,26)4-2)23-14-9-12(18(19,20)21)10-22-17(14)24/h5-10H,3-4,11H2,1-2H3. The van der Waals surface area contributed by atoms with Gasteiger partial charge in [-0.1, -0.05) is 19.1 Å². The van der Waals surface area contributed by atoms with Crippen molar-refractivity contribution in [1.29, 1.82) is 0 Å². The van der Waals surface area contributed by atoms with Crippen LogP contribution in [0.3, 0.4) is 0 Å². The third-order valence-corrected chi connectivity index (χ3v) is 5.97. The second kappa shape index (κ2) is 7.51. The van der Waals surface area contributed by atoms with Crippen LogP contribution in [0.2, 0.25) is 0 Å². The number of imidazole rings is 1. The number of nitrogens with zero attached hydrogens (tertiary/aromatic N) is 3. The predicted octanol–water partition coefficient (Wildman–Crippen LogP) is 3.90. The van der Waals surface area contributed by atoms with E-state index in [4.69, 9.17) is 4.74 Å². The Labute approximate surface area is 159 Å². The fraction of sp³-hybridized carbons (Fsp3) is 0.333. The smallest absolute Gasteiger partial charge is 0.361 e. The number of ether oxygens (including phenoxy) is 1. The Kier molecular flexibility index (Phi) is 5.44. The van der Waals surface area contributed by atoms with E-state index in [-0.39, 0.29) is 39.9 Å². The van der Waals surface area contributed by atoms with Gasteiger partial charge in [0.05, 0.1) is 16.2 Å². The molecule has 6 nitrogen and oxygen atoms in total. The van der Waals surface area contributed by atoms with Crippen LogP contribution in [0.4, 0.5) is 13.2 Å². The third-order valence-electron chi connectivity index (χ3n) is 4.18. The van der Waals surface area contributed by atoms with Crippen LogP contribution in [0.5, 0.6) is 0 Å². The summed E-state index contributed by atoms with van der Waals surface area (Å²) in [4.78, 5) is 8.24. The van der Waals surface area contributed by atoms with Crippen molar-refractivity contribution in [2.45, 2.75) is 31.7 Å². The van der Waals surface area contributed by atoms with Gasteiger partial charge in [0.1, 0.15) is 18.1 Å². The highest BCUT2D eigenvalue weighted by Crippen LogP contribution is 2.33. The number of alkyl halides is 3. The van der Waals surface area contributed by atoms with E-state index in [1.807, 2.05) is 0 Å². The van der Waals surface area contributed by atoms with Crippen molar-refractivity contribution in [1.82, 2.24) is 14.5 Å². The molecular formula is C18H18F3N3O3S. The van der Waals surface area contributed by atoms with Gasteiger partial charge in [-0.05, 0) is 25.1 Å². The van der Waals surface area contributed by atoms with Crippen molar-refractivity contribution >= 4 is 21.0 Å². The van der Waals surface area contributed by atoms with Gasteiger partial charge in [-0.3, -0.25) is 4.57 Å². The molecule has 10 heteroatoms. The zero-order chi connectivity index (χ0) is 20.5. The molecule has 2 aromatic heterocycles. The zero-order valence-corrected chi connectivity index (χ0v) is 16.0. The number of pyridine rings is 1. The molecule has 0 bridgehead atoms. The number of benzene rings is 1. The van der Waals surface area contributed by atoms with E-state index in [0.29, 0.717) is 6.61 Å². The van der Waals surface area contributed by atoms with Gasteiger partial charge in [-0.15, -0.1) is 0 Å². The van der Waals surface area contributed by atoms with Crippen LogP contribution < -0.4 is 0 Å². The minimum absolute atomic E-state index is 0.00762. The number of rotatable bonds is 6. The summed E-state index contributed by atoms with van der Waals surface area (Å²) in [5, 5.41) is 0. The maximum atomic E-state index is 13.0. The summed E-state index contributed by atoms with van der Waals surface area (Å²) in [5.41, 5.74) is -0.453. The zero-order valence-electron chi connectivity index (χ0n) is 15.2. The van der Waals surface area contributed by atoms with Crippen molar-refractivity contribution in [3.05, 3.63) is 42.1 Å². The molecule has 1 aromatic carbocycles. The molecule has 0 unspecified atom stereocenters. The molecule has 2 heterocycles. The Balaban J connectivity index is 2.29. The number of hydrogen-bond acceptors (Lipinski definition) is 5. The summed E-state index contributed by atoms with van der Waals surface area (Å²) in [6.07, 6.45) is -3.83. The summed E-state index contributed by atoms with van der Waals surface area (Å²) in [6.45, 7) is 3.62. The monoisotopic (exact) mass is 413 g/mol. The van der Waals surface area contributed by atoms with Crippen LogP contribution in [0, 0.1) is 0 Å². The topological polar surface area (TPSA) is 74.1 Å². The third kappa shape index (κ3) is 3.74. The van der Waals surface area contributed by atoms with E-state index in [1.54, 1.807) is 25.1 Å². The van der Waals surface area contributed by atoms with Crippen LogP contribution in [0.25, 0.3) is 22.6 Å². The van der Waals surface area contributed by atoms with Gasteiger partial charge >= 0.3 is 6.18 Å². The first-order valence-corrected chi connectivity index (χ1v) is 10.2. The maximum absolute atomic E-state index is 13.0. The molecule has 0 spiro atoms. The Morgan fingerprint density at radius 3 is 2.54 bits per heavy atom. The highest BCUT2D eigenvalue weighted by Gasteiger charge is 2.32. The van der Waals surface area contributed by atoms with Crippen LogP contribution in [0.1, 0.15) is 19.4 Å². The number of halogens is 3. The number of hydrogen-bond donors (Lipinski definition) is 0. The van der Waals surface area contributed by atoms with E-state index >= 15 is 0 Å². The summed E-state index contributed by atoms with van der Waals surface area (Å²) in [5.74, 6) is 0.0644. The molecular weight excluding hydrogens is 395 g/mol. The van der Waals surface area contributed by atoms with Crippen molar-refractivity contribution < 1.29 is 26.3 Å². The van der Waals surface area contributed by atoms with Crippen LogP contribution in [-0.4, -0.2) is 35.3 Å². The average molecular weight is 413 g/mol. The first-order chi connectivity index (χ1) is 13.2. The Hall–Kier alpha value is -2.46. The molecule has 0 N–H and O–H groups in total. The molecule has 3 rings (SSSR count). The average Bonchev–Trinajstić information content (AvgIpc) is 3.03. The molecule has 0 saturated carbocycles. The highest BCUT2D eigenvalue weighted by molar-refractivity contribution is 7.91. The minimum Gasteiger partial charge on any atom is -0.361 e. The molecule has 0 atom stereocenters. The quantitative estimate of drug-likeness (QED) is 0.613. The lowest BCUT2D eigenvalue weighted by atomic mass is 10.2. The molecule has 0 aliphatic carbocycles. The summed E-state index contributed by atoms with van der Waals surface area (Å²) in [7, 11) is -3.58. The fourth-order valence-corrected chi connectivity index (χ4v) is 3.85. The lowest BCUT2D eigenvalue weighted by molar-refractivity contribution is -0.137. The van der Waals surface area contributed by atoms with Crippen LogP contribution >= 0.6 is 0 Å². The molecule has 28 heavy (non-hydrogen) atoms. The van der Waals surface area contributed by atoms with Crippen LogP contribution in [-0.2, 0) is 27.5 Å². The molecule has 0 amide bonds. The van der Waals surface area contributed by atoms with E-state index in [0.717, 1.165) is 12.3 Å². The van der Waals surface area contributed by atoms with E-state index in [1.165, 1.54) is 17.6 Å². The minimum atomic E-state index is -4.56.